The first-order chi connectivity index (χ1) is 8.19. The van der Waals surface area contributed by atoms with Crippen LogP contribution in [0.5, 0.6) is 0 Å². The fourth-order valence-corrected chi connectivity index (χ4v) is 2.81. The van der Waals surface area contributed by atoms with Crippen LogP contribution < -0.4 is 0 Å². The first kappa shape index (κ1) is 12.1. The molecule has 88 valence electrons. The number of thiophene rings is 1. The molecule has 0 nitrogen and oxygen atoms in total. The number of halogens is 1. The van der Waals surface area contributed by atoms with Crippen molar-refractivity contribution in [1.82, 2.24) is 0 Å². The van der Waals surface area contributed by atoms with Gasteiger partial charge in [0.2, 0.25) is 0 Å². The molecule has 0 bridgehead atoms. The monoisotopic (exact) mass is 246 g/mol. The van der Waals surface area contributed by atoms with Crippen molar-refractivity contribution in [3.05, 3.63) is 59.7 Å². The summed E-state index contributed by atoms with van der Waals surface area (Å²) in [6, 6.07) is 10.9. The van der Waals surface area contributed by atoms with Crippen LogP contribution in [0.1, 0.15) is 11.8 Å². The van der Waals surface area contributed by atoms with E-state index in [-0.39, 0.29) is 5.82 Å². The molecule has 0 spiro atoms. The maximum absolute atomic E-state index is 12.8. The molecule has 1 aromatic heterocycles. The molecular weight excluding hydrogens is 231 g/mol. The Balaban J connectivity index is 2.17. The second kappa shape index (κ2) is 5.28. The van der Waals surface area contributed by atoms with Gasteiger partial charge >= 0.3 is 0 Å². The van der Waals surface area contributed by atoms with Crippen LogP contribution in [-0.2, 0) is 6.42 Å². The lowest BCUT2D eigenvalue weighted by molar-refractivity contribution is 0.628. The van der Waals surface area contributed by atoms with Gasteiger partial charge in [0.05, 0.1) is 0 Å². The number of rotatable bonds is 4. The van der Waals surface area contributed by atoms with Gasteiger partial charge in [-0.1, -0.05) is 25.1 Å². The van der Waals surface area contributed by atoms with E-state index >= 15 is 0 Å². The van der Waals surface area contributed by atoms with Crippen molar-refractivity contribution in [2.45, 2.75) is 13.3 Å². The maximum Gasteiger partial charge on any atom is 0.123 e. The van der Waals surface area contributed by atoms with Crippen LogP contribution in [0.25, 0.3) is 10.4 Å². The molecule has 0 saturated carbocycles. The van der Waals surface area contributed by atoms with E-state index < -0.39 is 0 Å². The summed E-state index contributed by atoms with van der Waals surface area (Å²) in [6.07, 6.45) is 2.99. The molecule has 0 aliphatic heterocycles. The van der Waals surface area contributed by atoms with Gasteiger partial charge in [0, 0.05) is 9.75 Å². The van der Waals surface area contributed by atoms with Gasteiger partial charge in [0.15, 0.2) is 0 Å². The summed E-state index contributed by atoms with van der Waals surface area (Å²) >= 11 is 1.77. The molecule has 0 fully saturated rings. The zero-order valence-corrected chi connectivity index (χ0v) is 10.6. The lowest BCUT2D eigenvalue weighted by Gasteiger charge is -2.01. The normalized spacial score (nSPS) is 12.4. The third-order valence-electron chi connectivity index (χ3n) is 2.72. The molecule has 1 unspecified atom stereocenters. The number of hydrogen-bond donors (Lipinski definition) is 0. The van der Waals surface area contributed by atoms with Gasteiger partial charge in [-0.25, -0.2) is 4.39 Å². The minimum Gasteiger partial charge on any atom is -0.207 e. The summed E-state index contributed by atoms with van der Waals surface area (Å²) in [6.45, 7) is 5.95. The number of hydrogen-bond acceptors (Lipinski definition) is 1. The molecule has 0 radical (unpaired) electrons. The molecule has 17 heavy (non-hydrogen) atoms. The lowest BCUT2D eigenvalue weighted by Crippen LogP contribution is -1.91. The van der Waals surface area contributed by atoms with Crippen LogP contribution in [0.3, 0.4) is 0 Å². The van der Waals surface area contributed by atoms with E-state index in [1.165, 1.54) is 21.9 Å². The SMILES string of the molecule is C=CC(C)Cc1ccc(-c2ccc(F)cc2)s1. The van der Waals surface area contributed by atoms with Crippen LogP contribution in [-0.4, -0.2) is 0 Å². The van der Waals surface area contributed by atoms with Crippen LogP contribution in [0.15, 0.2) is 49.1 Å². The quantitative estimate of drug-likeness (QED) is 0.672. The van der Waals surface area contributed by atoms with Gasteiger partial charge in [-0.2, -0.15) is 0 Å². The van der Waals surface area contributed by atoms with Crippen molar-refractivity contribution in [2.75, 3.05) is 0 Å². The van der Waals surface area contributed by atoms with Crippen LogP contribution in [0.2, 0.25) is 0 Å². The summed E-state index contributed by atoms with van der Waals surface area (Å²) in [7, 11) is 0. The molecule has 0 aliphatic carbocycles. The van der Waals surface area contributed by atoms with E-state index in [4.69, 9.17) is 0 Å². The van der Waals surface area contributed by atoms with Crippen molar-refractivity contribution in [3.8, 4) is 10.4 Å². The highest BCUT2D eigenvalue weighted by atomic mass is 32.1. The first-order valence-corrected chi connectivity index (χ1v) is 6.48. The van der Waals surface area contributed by atoms with Gasteiger partial charge in [0.25, 0.3) is 0 Å². The Labute approximate surface area is 105 Å². The largest absolute Gasteiger partial charge is 0.207 e. The topological polar surface area (TPSA) is 0 Å². The van der Waals surface area contributed by atoms with Crippen molar-refractivity contribution < 1.29 is 4.39 Å². The van der Waals surface area contributed by atoms with Crippen LogP contribution in [0.4, 0.5) is 4.39 Å². The smallest absolute Gasteiger partial charge is 0.123 e. The maximum atomic E-state index is 12.8. The Hall–Kier alpha value is -1.41. The molecular formula is C15H15FS. The molecule has 2 heteroatoms. The predicted octanol–water partition coefficient (Wildman–Crippen LogP) is 4.92. The summed E-state index contributed by atoms with van der Waals surface area (Å²) in [5, 5.41) is 0. The Kier molecular flexibility index (Phi) is 3.75. The molecule has 2 aromatic rings. The summed E-state index contributed by atoms with van der Waals surface area (Å²) in [4.78, 5) is 2.54. The second-order valence-corrected chi connectivity index (χ2v) is 5.36. The van der Waals surface area contributed by atoms with E-state index in [2.05, 4.69) is 25.6 Å². The Morgan fingerprint density at radius 2 is 1.94 bits per heavy atom. The lowest BCUT2D eigenvalue weighted by atomic mass is 10.1. The molecule has 0 amide bonds. The molecule has 0 aliphatic rings. The van der Waals surface area contributed by atoms with E-state index in [9.17, 15) is 4.39 Å². The third kappa shape index (κ3) is 3.04. The Bertz CT molecular complexity index is 496. The number of benzene rings is 1. The molecule has 2 rings (SSSR count). The summed E-state index contributed by atoms with van der Waals surface area (Å²) in [5.41, 5.74) is 1.08. The van der Waals surface area contributed by atoms with E-state index in [0.29, 0.717) is 5.92 Å². The van der Waals surface area contributed by atoms with Crippen LogP contribution in [0, 0.1) is 11.7 Å². The average molecular weight is 246 g/mol. The zero-order chi connectivity index (χ0) is 12.3. The Morgan fingerprint density at radius 3 is 2.59 bits per heavy atom. The van der Waals surface area contributed by atoms with E-state index in [1.807, 2.05) is 18.2 Å². The molecule has 1 heterocycles. The predicted molar refractivity (Wildman–Crippen MR) is 72.8 cm³/mol. The fraction of sp³-hybridized carbons (Fsp3) is 0.200. The fourth-order valence-electron chi connectivity index (χ4n) is 1.66. The highest BCUT2D eigenvalue weighted by Gasteiger charge is 2.05. The van der Waals surface area contributed by atoms with Crippen LogP contribution >= 0.6 is 11.3 Å². The Morgan fingerprint density at radius 1 is 1.24 bits per heavy atom. The highest BCUT2D eigenvalue weighted by molar-refractivity contribution is 7.15. The van der Waals surface area contributed by atoms with Gasteiger partial charge in [-0.05, 0) is 42.2 Å². The van der Waals surface area contributed by atoms with Crippen molar-refractivity contribution in [2.24, 2.45) is 5.92 Å². The first-order valence-electron chi connectivity index (χ1n) is 5.66. The van der Waals surface area contributed by atoms with Gasteiger partial charge in [0.1, 0.15) is 5.82 Å². The molecule has 0 N–H and O–H groups in total. The van der Waals surface area contributed by atoms with Crippen molar-refractivity contribution >= 4 is 11.3 Å². The van der Waals surface area contributed by atoms with Gasteiger partial charge in [-0.3, -0.25) is 0 Å². The van der Waals surface area contributed by atoms with Gasteiger partial charge in [-0.15, -0.1) is 17.9 Å². The standard InChI is InChI=1S/C15H15FS/c1-3-11(2)10-14-8-9-15(17-14)12-4-6-13(16)7-5-12/h3-9,11H,1,10H2,2H3. The van der Waals surface area contributed by atoms with Gasteiger partial charge < -0.3 is 0 Å². The zero-order valence-electron chi connectivity index (χ0n) is 9.82. The summed E-state index contributed by atoms with van der Waals surface area (Å²) in [5.74, 6) is 0.306. The van der Waals surface area contributed by atoms with E-state index in [1.54, 1.807) is 11.3 Å². The van der Waals surface area contributed by atoms with Crippen molar-refractivity contribution in [3.63, 3.8) is 0 Å². The second-order valence-electron chi connectivity index (χ2n) is 4.19. The number of allylic oxidation sites excluding steroid dienone is 1. The minimum absolute atomic E-state index is 0.189. The summed E-state index contributed by atoms with van der Waals surface area (Å²) < 4.78 is 12.8. The third-order valence-corrected chi connectivity index (χ3v) is 3.87. The molecule has 1 aromatic carbocycles. The van der Waals surface area contributed by atoms with E-state index in [0.717, 1.165) is 12.0 Å². The average Bonchev–Trinajstić information content (AvgIpc) is 2.78. The minimum atomic E-state index is -0.189. The van der Waals surface area contributed by atoms with Crippen molar-refractivity contribution in [1.29, 1.82) is 0 Å². The molecule has 0 saturated heterocycles. The highest BCUT2D eigenvalue weighted by Crippen LogP contribution is 2.29. The molecule has 1 atom stereocenters.